The first kappa shape index (κ1) is 12.5. The molecular formula is C9H12O5. The second-order valence-electron chi connectivity index (χ2n) is 2.91. The van der Waals surface area contributed by atoms with Gasteiger partial charge in [-0.15, -0.1) is 0 Å². The third kappa shape index (κ3) is 1.57. The zero-order valence-electron chi connectivity index (χ0n) is 8.54. The van der Waals surface area contributed by atoms with Crippen molar-refractivity contribution in [3.8, 4) is 0 Å². The molecule has 0 amide bonds. The molecule has 14 heavy (non-hydrogen) atoms. The second-order valence-corrected chi connectivity index (χ2v) is 2.91. The van der Waals surface area contributed by atoms with E-state index in [2.05, 4.69) is 4.74 Å². The Morgan fingerprint density at radius 2 is 1.14 bits per heavy atom. The molecule has 0 bridgehead atoms. The zero-order chi connectivity index (χ0) is 11.5. The summed E-state index contributed by atoms with van der Waals surface area (Å²) in [5, 5.41) is 0. The maximum Gasteiger partial charge on any atom is 0.334 e. The van der Waals surface area contributed by atoms with Crippen molar-refractivity contribution in [3.63, 3.8) is 0 Å². The molecule has 0 heterocycles. The van der Waals surface area contributed by atoms with E-state index in [9.17, 15) is 19.2 Å². The minimum absolute atomic E-state index is 0.815. The smallest absolute Gasteiger partial charge is 0.334 e. The largest absolute Gasteiger partial charge is 0.468 e. The summed E-state index contributed by atoms with van der Waals surface area (Å²) in [6, 6.07) is 0. The molecule has 0 aliphatic carbocycles. The third-order valence-corrected chi connectivity index (χ3v) is 2.08. The normalized spacial score (nSPS) is 10.6. The Morgan fingerprint density at radius 1 is 0.857 bits per heavy atom. The first-order valence-electron chi connectivity index (χ1n) is 3.93. The highest BCUT2D eigenvalue weighted by atomic mass is 16.5. The van der Waals surface area contributed by atoms with Gasteiger partial charge in [0, 0.05) is 0 Å². The van der Waals surface area contributed by atoms with Gasteiger partial charge in [-0.3, -0.25) is 19.2 Å². The predicted molar refractivity (Wildman–Crippen MR) is 46.5 cm³/mol. The van der Waals surface area contributed by atoms with Crippen molar-refractivity contribution >= 4 is 23.3 Å². The number of hydrogen-bond donors (Lipinski definition) is 0. The van der Waals surface area contributed by atoms with E-state index < -0.39 is 28.7 Å². The van der Waals surface area contributed by atoms with Crippen molar-refractivity contribution in [2.75, 3.05) is 7.11 Å². The van der Waals surface area contributed by atoms with E-state index >= 15 is 0 Å². The molecule has 0 spiro atoms. The molecule has 0 aliphatic rings. The summed E-state index contributed by atoms with van der Waals surface area (Å²) in [4.78, 5) is 44.9. The minimum atomic E-state index is -2.27. The molecule has 0 saturated heterocycles. The first-order chi connectivity index (χ1) is 6.31. The molecule has 0 unspecified atom stereocenters. The highest BCUT2D eigenvalue weighted by molar-refractivity contribution is 6.36. The SMILES string of the molecule is COC(=O)C(C(C)=O)(C(C)=O)C(C)=O. The van der Waals surface area contributed by atoms with Gasteiger partial charge in [-0.2, -0.15) is 0 Å². The molecule has 5 heteroatoms. The Balaban J connectivity index is 5.63. The fraction of sp³-hybridized carbons (Fsp3) is 0.556. The van der Waals surface area contributed by atoms with Crippen LogP contribution in [0.4, 0.5) is 0 Å². The van der Waals surface area contributed by atoms with Gasteiger partial charge in [0.25, 0.3) is 0 Å². The zero-order valence-corrected chi connectivity index (χ0v) is 8.54. The number of rotatable bonds is 4. The standard InChI is InChI=1S/C9H12O5/c1-5(10)9(6(2)11,7(3)12)8(13)14-4/h1-4H3. The maximum atomic E-state index is 11.3. The summed E-state index contributed by atoms with van der Waals surface area (Å²) in [6.45, 7) is 3.04. The molecule has 0 atom stereocenters. The summed E-state index contributed by atoms with van der Waals surface area (Å²) in [5.41, 5.74) is -2.27. The van der Waals surface area contributed by atoms with E-state index in [1.165, 1.54) is 0 Å². The first-order valence-corrected chi connectivity index (χ1v) is 3.93. The number of carbonyl (C=O) groups excluding carboxylic acids is 4. The average Bonchev–Trinajstić information content (AvgIpc) is 2.02. The molecule has 0 aromatic rings. The van der Waals surface area contributed by atoms with E-state index in [1.54, 1.807) is 0 Å². The van der Waals surface area contributed by atoms with Crippen LogP contribution >= 0.6 is 0 Å². The van der Waals surface area contributed by atoms with Crippen LogP contribution in [0.3, 0.4) is 0 Å². The molecule has 0 aliphatic heterocycles. The van der Waals surface area contributed by atoms with Crippen LogP contribution < -0.4 is 0 Å². The van der Waals surface area contributed by atoms with Gasteiger partial charge in [0.05, 0.1) is 7.11 Å². The predicted octanol–water partition coefficient (Wildman–Crippen LogP) is -0.0872. The lowest BCUT2D eigenvalue weighted by Crippen LogP contribution is -2.50. The Morgan fingerprint density at radius 3 is 1.21 bits per heavy atom. The number of carbonyl (C=O) groups is 4. The van der Waals surface area contributed by atoms with E-state index in [-0.39, 0.29) is 0 Å². The van der Waals surface area contributed by atoms with Gasteiger partial charge in [0.1, 0.15) is 0 Å². The highest BCUT2D eigenvalue weighted by Gasteiger charge is 2.53. The summed E-state index contributed by atoms with van der Waals surface area (Å²) < 4.78 is 4.30. The molecule has 0 fully saturated rings. The van der Waals surface area contributed by atoms with Crippen molar-refractivity contribution < 1.29 is 23.9 Å². The fourth-order valence-electron chi connectivity index (χ4n) is 1.33. The number of Topliss-reactive ketones (excluding diaryl/α,β-unsaturated/α-hetero) is 3. The van der Waals surface area contributed by atoms with Crippen LogP contribution in [0.15, 0.2) is 0 Å². The third-order valence-electron chi connectivity index (χ3n) is 2.08. The van der Waals surface area contributed by atoms with E-state index in [0.29, 0.717) is 0 Å². The van der Waals surface area contributed by atoms with E-state index in [0.717, 1.165) is 27.9 Å². The Kier molecular flexibility index (Phi) is 3.68. The number of esters is 1. The molecule has 0 rings (SSSR count). The van der Waals surface area contributed by atoms with Crippen LogP contribution in [0.25, 0.3) is 0 Å². The number of ketones is 3. The van der Waals surface area contributed by atoms with Gasteiger partial charge in [0.15, 0.2) is 17.3 Å². The molecule has 0 saturated carbocycles. The maximum absolute atomic E-state index is 11.3. The van der Waals surface area contributed by atoms with Crippen LogP contribution in [0.2, 0.25) is 0 Å². The van der Waals surface area contributed by atoms with Crippen LogP contribution in [0.1, 0.15) is 20.8 Å². The number of hydrogen-bond acceptors (Lipinski definition) is 5. The number of ether oxygens (including phenoxy) is 1. The molecule has 0 radical (unpaired) electrons. The van der Waals surface area contributed by atoms with Gasteiger partial charge in [-0.25, -0.2) is 0 Å². The van der Waals surface area contributed by atoms with E-state index in [4.69, 9.17) is 0 Å². The van der Waals surface area contributed by atoms with Crippen LogP contribution in [-0.4, -0.2) is 30.4 Å². The molecule has 5 nitrogen and oxygen atoms in total. The van der Waals surface area contributed by atoms with Gasteiger partial charge < -0.3 is 4.74 Å². The minimum Gasteiger partial charge on any atom is -0.468 e. The molecule has 0 aromatic heterocycles. The Labute approximate surface area is 81.4 Å². The monoisotopic (exact) mass is 200 g/mol. The second kappa shape index (κ2) is 4.13. The van der Waals surface area contributed by atoms with Gasteiger partial charge >= 0.3 is 5.97 Å². The Bertz CT molecular complexity index is 266. The van der Waals surface area contributed by atoms with Gasteiger partial charge in [-0.05, 0) is 20.8 Å². The van der Waals surface area contributed by atoms with Crippen molar-refractivity contribution in [1.29, 1.82) is 0 Å². The lowest BCUT2D eigenvalue weighted by molar-refractivity contribution is -0.164. The summed E-state index contributed by atoms with van der Waals surface area (Å²) in [7, 11) is 1.02. The van der Waals surface area contributed by atoms with Crippen molar-refractivity contribution in [1.82, 2.24) is 0 Å². The lowest BCUT2D eigenvalue weighted by atomic mass is 9.77. The summed E-state index contributed by atoms with van der Waals surface area (Å²) >= 11 is 0. The topological polar surface area (TPSA) is 77.5 Å². The van der Waals surface area contributed by atoms with Crippen molar-refractivity contribution in [2.24, 2.45) is 5.41 Å². The van der Waals surface area contributed by atoms with Crippen molar-refractivity contribution in [3.05, 3.63) is 0 Å². The molecule has 0 N–H and O–H groups in total. The summed E-state index contributed by atoms with van der Waals surface area (Å²) in [6.07, 6.45) is 0. The average molecular weight is 200 g/mol. The van der Waals surface area contributed by atoms with Crippen LogP contribution in [-0.2, 0) is 23.9 Å². The number of methoxy groups -OCH3 is 1. The lowest BCUT2D eigenvalue weighted by Gasteiger charge is -2.21. The molecule has 0 aromatic carbocycles. The van der Waals surface area contributed by atoms with Crippen molar-refractivity contribution in [2.45, 2.75) is 20.8 Å². The van der Waals surface area contributed by atoms with Gasteiger partial charge in [0.2, 0.25) is 5.41 Å². The molecule has 78 valence electrons. The van der Waals surface area contributed by atoms with Crippen LogP contribution in [0, 0.1) is 5.41 Å². The van der Waals surface area contributed by atoms with E-state index in [1.807, 2.05) is 0 Å². The summed E-state index contributed by atoms with van der Waals surface area (Å²) in [5.74, 6) is -3.57. The molecular weight excluding hydrogens is 188 g/mol. The van der Waals surface area contributed by atoms with Crippen LogP contribution in [0.5, 0.6) is 0 Å². The van der Waals surface area contributed by atoms with Gasteiger partial charge in [-0.1, -0.05) is 0 Å². The quantitative estimate of drug-likeness (QED) is 0.468. The Hall–Kier alpha value is -1.52. The highest BCUT2D eigenvalue weighted by Crippen LogP contribution is 2.23. The fourth-order valence-corrected chi connectivity index (χ4v) is 1.33.